The molecule has 0 unspecified atom stereocenters. The average molecular weight is 933 g/mol. The number of fused-ring (bicyclic) bond motifs is 6. The van der Waals surface area contributed by atoms with Crippen LogP contribution >= 0.6 is 0 Å². The molecule has 4 amide bonds. The molecule has 364 valence electrons. The van der Waals surface area contributed by atoms with Gasteiger partial charge in [0.15, 0.2) is 0 Å². The molecule has 15 nitrogen and oxygen atoms in total. The number of cyclic esters (lactones) is 1. The van der Waals surface area contributed by atoms with Crippen molar-refractivity contribution in [3.05, 3.63) is 90.0 Å². The average Bonchev–Trinajstić information content (AvgIpc) is 3.89. The molecule has 0 spiro atoms. The van der Waals surface area contributed by atoms with Gasteiger partial charge in [-0.1, -0.05) is 70.7 Å². The Labute approximate surface area is 399 Å². The van der Waals surface area contributed by atoms with E-state index in [2.05, 4.69) is 73.0 Å². The van der Waals surface area contributed by atoms with Crippen molar-refractivity contribution >= 4 is 40.5 Å². The summed E-state index contributed by atoms with van der Waals surface area (Å²) in [6.45, 7) is 15.5. The largest absolute Gasteiger partial charge is 0.508 e. The lowest BCUT2D eigenvalue weighted by Crippen LogP contribution is -2.62. The molecule has 0 saturated carbocycles. The third-order valence-electron chi connectivity index (χ3n) is 13.7. The summed E-state index contributed by atoms with van der Waals surface area (Å²) in [4.78, 5) is 73.0. The van der Waals surface area contributed by atoms with Gasteiger partial charge in [0.1, 0.15) is 23.9 Å². The van der Waals surface area contributed by atoms with E-state index in [1.54, 1.807) is 26.3 Å². The lowest BCUT2D eigenvalue weighted by molar-refractivity contribution is -0.155. The van der Waals surface area contributed by atoms with E-state index in [0.29, 0.717) is 38.0 Å². The molecule has 15 heteroatoms. The molecule has 7 rings (SSSR count). The van der Waals surface area contributed by atoms with Crippen LogP contribution in [0.1, 0.15) is 64.2 Å². The number of phenols is 1. The van der Waals surface area contributed by atoms with Gasteiger partial charge in [-0.05, 0) is 96.7 Å². The Bertz CT molecular complexity index is 2550. The van der Waals surface area contributed by atoms with Crippen molar-refractivity contribution in [2.24, 2.45) is 17.3 Å². The molecular formula is C53H68N6O9. The van der Waals surface area contributed by atoms with E-state index in [1.807, 2.05) is 32.0 Å². The van der Waals surface area contributed by atoms with Crippen molar-refractivity contribution in [3.8, 4) is 28.1 Å². The van der Waals surface area contributed by atoms with Gasteiger partial charge in [0.25, 0.3) is 5.91 Å². The zero-order valence-electron chi connectivity index (χ0n) is 40.8. The Morgan fingerprint density at radius 3 is 2.53 bits per heavy atom. The van der Waals surface area contributed by atoms with Crippen molar-refractivity contribution in [3.63, 3.8) is 0 Å². The van der Waals surface area contributed by atoms with E-state index in [1.165, 1.54) is 28.0 Å². The number of nitrogens with one attached hydrogen (secondary N) is 2. The van der Waals surface area contributed by atoms with Crippen molar-refractivity contribution in [2.75, 3.05) is 54.1 Å². The second-order valence-electron chi connectivity index (χ2n) is 19.6. The van der Waals surface area contributed by atoms with Gasteiger partial charge in [0.05, 0.1) is 30.9 Å². The zero-order valence-corrected chi connectivity index (χ0v) is 40.8. The summed E-state index contributed by atoms with van der Waals surface area (Å²) in [5.41, 5.74) is 10.3. The maximum Gasteiger partial charge on any atom is 0.324 e. The number of benzene rings is 3. The number of carbonyl (C=O) groups is 5. The minimum atomic E-state index is -1.19. The molecule has 3 aliphatic rings. The SMILES string of the molecule is C=CC(=O)N1C[C@H](OC)[C@H](C(=O)N(C)[C@H](C(=O)N[C@H]2Cc3cc(O)cc(c3)-c3ccc4c(c3)c(c(-c3ccccc3CCOC)n4CC)CC(C)(C)COC(=O)[C@@H]3CCCN(N3)C2=O)C(C)C)C1. The highest BCUT2D eigenvalue weighted by atomic mass is 16.5. The number of ether oxygens (including phenoxy) is 3. The predicted octanol–water partition coefficient (Wildman–Crippen LogP) is 5.68. The highest BCUT2D eigenvalue weighted by molar-refractivity contribution is 5.96. The Balaban J connectivity index is 1.30. The summed E-state index contributed by atoms with van der Waals surface area (Å²) >= 11 is 0. The second kappa shape index (κ2) is 21.1. The van der Waals surface area contributed by atoms with Crippen molar-refractivity contribution in [2.45, 2.75) is 97.5 Å². The first-order valence-corrected chi connectivity index (χ1v) is 23.8. The monoisotopic (exact) mass is 933 g/mol. The highest BCUT2D eigenvalue weighted by Gasteiger charge is 2.44. The molecule has 2 fully saturated rings. The number of likely N-dealkylation sites (tertiary alicyclic amines) is 1. The number of methoxy groups -OCH3 is 2. The van der Waals surface area contributed by atoms with Gasteiger partial charge >= 0.3 is 5.97 Å². The molecule has 1 aromatic heterocycles. The molecule has 68 heavy (non-hydrogen) atoms. The van der Waals surface area contributed by atoms with Gasteiger partial charge in [0.2, 0.25) is 17.7 Å². The fourth-order valence-corrected chi connectivity index (χ4v) is 10.3. The van der Waals surface area contributed by atoms with Gasteiger partial charge in [-0.2, -0.15) is 0 Å². The van der Waals surface area contributed by atoms with Crippen LogP contribution in [0.4, 0.5) is 0 Å². The second-order valence-corrected chi connectivity index (χ2v) is 19.6. The number of aryl methyl sites for hydroxylation is 1. The van der Waals surface area contributed by atoms with Crippen molar-refractivity contribution < 1.29 is 43.3 Å². The third-order valence-corrected chi connectivity index (χ3v) is 13.7. The van der Waals surface area contributed by atoms with Crippen LogP contribution in [0.2, 0.25) is 0 Å². The minimum absolute atomic E-state index is 0.0118. The standard InChI is InChI=1S/C53H68N6O9/c1-10-46(61)57-29-41(45(30-57)67-9)50(63)56(7)47(32(3)4)49(62)54-43-25-33-23-36(26-37(60)24-33)35-18-19-44-39(27-35)40(48(58(44)11-2)38-16-13-12-15-34(38)20-22-66-8)28-53(5,6)31-68-52(65)42-17-14-21-59(55-42)51(43)64/h10,12-13,15-16,18-19,23-24,26-27,32,41-43,45,47,55,60H,1,11,14,17,20-22,25,28-31H2,2-9H3,(H,54,62)/t41-,42+,43+,45+,47+/m1/s1. The Morgan fingerprint density at radius 2 is 1.82 bits per heavy atom. The van der Waals surface area contributed by atoms with E-state index >= 15 is 0 Å². The van der Waals surface area contributed by atoms with Gasteiger partial charge in [-0.3, -0.25) is 29.0 Å². The van der Waals surface area contributed by atoms with Crippen LogP contribution in [0.25, 0.3) is 33.3 Å². The lowest BCUT2D eigenvalue weighted by Gasteiger charge is -2.37. The first kappa shape index (κ1) is 49.9. The number of hydrogen-bond acceptors (Lipinski definition) is 10. The van der Waals surface area contributed by atoms with E-state index in [0.717, 1.165) is 50.8 Å². The maximum atomic E-state index is 14.8. The molecule has 2 saturated heterocycles. The molecule has 3 aliphatic heterocycles. The summed E-state index contributed by atoms with van der Waals surface area (Å²) in [7, 11) is 4.74. The Hall–Kier alpha value is -6.03. The Morgan fingerprint density at radius 1 is 1.06 bits per heavy atom. The number of hydrogen-bond donors (Lipinski definition) is 3. The van der Waals surface area contributed by atoms with Crippen LogP contribution in [0.5, 0.6) is 5.75 Å². The van der Waals surface area contributed by atoms with Crippen LogP contribution in [0.3, 0.4) is 0 Å². The molecular weight excluding hydrogens is 865 g/mol. The van der Waals surface area contributed by atoms with Gasteiger partial charge in [-0.15, -0.1) is 0 Å². The molecule has 5 atom stereocenters. The lowest BCUT2D eigenvalue weighted by atomic mass is 9.83. The topological polar surface area (TPSA) is 172 Å². The summed E-state index contributed by atoms with van der Waals surface area (Å²) in [6.07, 6.45) is 2.83. The minimum Gasteiger partial charge on any atom is -0.508 e. The number of likely N-dealkylation sites (N-methyl/N-ethyl adjacent to an activating group) is 1. The number of aromatic hydroxyl groups is 1. The summed E-state index contributed by atoms with van der Waals surface area (Å²) in [6, 6.07) is 16.9. The zero-order chi connectivity index (χ0) is 49.0. The van der Waals surface area contributed by atoms with E-state index in [9.17, 15) is 29.1 Å². The van der Waals surface area contributed by atoms with Crippen LogP contribution in [-0.2, 0) is 64.0 Å². The number of amides is 4. The third kappa shape index (κ3) is 10.5. The molecule has 0 radical (unpaired) electrons. The van der Waals surface area contributed by atoms with E-state index < -0.39 is 59.3 Å². The number of carbonyl (C=O) groups excluding carboxylic acids is 5. The smallest absolute Gasteiger partial charge is 0.324 e. The number of hydrazine groups is 1. The van der Waals surface area contributed by atoms with Gasteiger partial charge in [0, 0.05) is 75.7 Å². The molecule has 3 N–H and O–H groups in total. The van der Waals surface area contributed by atoms with E-state index in [-0.39, 0.29) is 50.2 Å². The first-order valence-electron chi connectivity index (χ1n) is 23.8. The van der Waals surface area contributed by atoms with Crippen LogP contribution < -0.4 is 10.7 Å². The highest BCUT2D eigenvalue weighted by Crippen LogP contribution is 2.42. The van der Waals surface area contributed by atoms with Crippen molar-refractivity contribution in [1.29, 1.82) is 0 Å². The first-order chi connectivity index (χ1) is 32.5. The molecule has 4 aromatic rings. The molecule has 6 bridgehead atoms. The predicted molar refractivity (Wildman–Crippen MR) is 260 cm³/mol. The van der Waals surface area contributed by atoms with Gasteiger partial charge < -0.3 is 39.0 Å². The van der Waals surface area contributed by atoms with Gasteiger partial charge in [-0.25, -0.2) is 5.43 Å². The number of esters is 1. The number of aromatic nitrogens is 1. The fourth-order valence-electron chi connectivity index (χ4n) is 10.3. The number of rotatable bonds is 12. The van der Waals surface area contributed by atoms with E-state index in [4.69, 9.17) is 14.2 Å². The summed E-state index contributed by atoms with van der Waals surface area (Å²) < 4.78 is 19.6. The van der Waals surface area contributed by atoms with Crippen LogP contribution in [-0.4, -0.2) is 132 Å². The van der Waals surface area contributed by atoms with Crippen molar-refractivity contribution in [1.82, 2.24) is 30.1 Å². The molecule has 0 aliphatic carbocycles. The Kier molecular flexibility index (Phi) is 15.5. The molecule has 4 heterocycles. The maximum absolute atomic E-state index is 14.8. The van der Waals surface area contributed by atoms with Crippen LogP contribution in [0, 0.1) is 17.3 Å². The quantitative estimate of drug-likeness (QED) is 0.119. The summed E-state index contributed by atoms with van der Waals surface area (Å²) in [5, 5.41) is 16.8. The number of phenolic OH excluding ortho intramolecular Hbond substituents is 1. The number of nitrogens with zero attached hydrogens (tertiary/aromatic N) is 4. The fraction of sp³-hybridized carbons (Fsp3) is 0.491. The normalized spacial score (nSPS) is 21.3. The summed E-state index contributed by atoms with van der Waals surface area (Å²) in [5.74, 6) is -3.36. The van der Waals surface area contributed by atoms with Crippen LogP contribution in [0.15, 0.2) is 73.3 Å². The molecule has 3 aromatic carbocycles.